The van der Waals surface area contributed by atoms with Gasteiger partial charge in [-0.15, -0.1) is 0 Å². The van der Waals surface area contributed by atoms with Crippen LogP contribution in [0.1, 0.15) is 16.1 Å². The highest BCUT2D eigenvalue weighted by atomic mass is 16.5. The van der Waals surface area contributed by atoms with Crippen LogP contribution in [0.3, 0.4) is 0 Å². The van der Waals surface area contributed by atoms with E-state index in [9.17, 15) is 4.79 Å². The fraction of sp³-hybridized carbons (Fsp3) is 0.412. The summed E-state index contributed by atoms with van der Waals surface area (Å²) in [6.45, 7) is 2.41. The van der Waals surface area contributed by atoms with Gasteiger partial charge in [-0.3, -0.25) is 9.78 Å². The second kappa shape index (κ2) is 7.83. The van der Waals surface area contributed by atoms with Crippen LogP contribution in [0.25, 0.3) is 0 Å². The molecule has 0 aromatic carbocycles. The topological polar surface area (TPSA) is 80.2 Å². The Morgan fingerprint density at radius 1 is 1.46 bits per heavy atom. The molecule has 1 N–H and O–H groups in total. The minimum Gasteiger partial charge on any atom is -0.379 e. The Kier molecular flexibility index (Phi) is 5.32. The van der Waals surface area contributed by atoms with Gasteiger partial charge in [-0.25, -0.2) is 9.97 Å². The van der Waals surface area contributed by atoms with Gasteiger partial charge in [0.15, 0.2) is 0 Å². The van der Waals surface area contributed by atoms with E-state index in [1.54, 1.807) is 30.9 Å². The summed E-state index contributed by atoms with van der Waals surface area (Å²) in [5, 5.41) is 3.01. The van der Waals surface area contributed by atoms with E-state index in [2.05, 4.69) is 20.3 Å². The molecule has 1 aliphatic heterocycles. The van der Waals surface area contributed by atoms with Gasteiger partial charge in [0.05, 0.1) is 18.8 Å². The minimum absolute atomic E-state index is 0.00259. The fourth-order valence-electron chi connectivity index (χ4n) is 2.80. The predicted octanol–water partition coefficient (Wildman–Crippen LogP) is 1.24. The minimum atomic E-state index is -0.00259. The van der Waals surface area contributed by atoms with E-state index in [0.717, 1.165) is 17.9 Å². The van der Waals surface area contributed by atoms with Crippen LogP contribution in [0.2, 0.25) is 0 Å². The summed E-state index contributed by atoms with van der Waals surface area (Å²) in [6, 6.07) is 5.50. The number of rotatable bonds is 4. The second-order valence-corrected chi connectivity index (χ2v) is 5.78. The van der Waals surface area contributed by atoms with Gasteiger partial charge in [0.25, 0.3) is 5.91 Å². The second-order valence-electron chi connectivity index (χ2n) is 5.78. The highest BCUT2D eigenvalue weighted by Gasteiger charge is 2.24. The normalized spacial score (nSPS) is 18.0. The van der Waals surface area contributed by atoms with Crippen molar-refractivity contribution in [3.63, 3.8) is 0 Å². The maximum Gasteiger partial charge on any atom is 0.255 e. The lowest BCUT2D eigenvalue weighted by atomic mass is 10.0. The fourth-order valence-corrected chi connectivity index (χ4v) is 2.80. The average molecular weight is 327 g/mol. The van der Waals surface area contributed by atoms with E-state index < -0.39 is 0 Å². The molecule has 24 heavy (non-hydrogen) atoms. The van der Waals surface area contributed by atoms with Crippen molar-refractivity contribution in [1.29, 1.82) is 0 Å². The third kappa shape index (κ3) is 4.05. The molecular formula is C17H21N5O2. The first-order chi connectivity index (χ1) is 11.8. The Balaban J connectivity index is 1.69. The lowest BCUT2D eigenvalue weighted by Crippen LogP contribution is -2.36. The Morgan fingerprint density at radius 2 is 2.38 bits per heavy atom. The number of carbonyl (C=O) groups excluding carboxylic acids is 1. The Morgan fingerprint density at radius 3 is 3.17 bits per heavy atom. The van der Waals surface area contributed by atoms with Crippen molar-refractivity contribution in [3.8, 4) is 0 Å². The van der Waals surface area contributed by atoms with E-state index in [4.69, 9.17) is 4.74 Å². The maximum atomic E-state index is 12.6. The molecule has 3 heterocycles. The van der Waals surface area contributed by atoms with Gasteiger partial charge in [0.1, 0.15) is 12.1 Å². The average Bonchev–Trinajstić information content (AvgIpc) is 2.87. The van der Waals surface area contributed by atoms with Crippen LogP contribution in [0, 0.1) is 5.92 Å². The summed E-state index contributed by atoms with van der Waals surface area (Å²) in [5.74, 6) is 0.989. The van der Waals surface area contributed by atoms with Crippen molar-refractivity contribution in [3.05, 3.63) is 48.2 Å². The molecule has 0 unspecified atom stereocenters. The van der Waals surface area contributed by atoms with Gasteiger partial charge in [0.2, 0.25) is 0 Å². The van der Waals surface area contributed by atoms with Crippen molar-refractivity contribution in [2.24, 2.45) is 5.92 Å². The number of hydrogen-bond acceptors (Lipinski definition) is 6. The van der Waals surface area contributed by atoms with Gasteiger partial charge < -0.3 is 15.0 Å². The molecule has 1 saturated heterocycles. The molecule has 0 saturated carbocycles. The van der Waals surface area contributed by atoms with Gasteiger partial charge in [0, 0.05) is 50.2 Å². The van der Waals surface area contributed by atoms with Gasteiger partial charge >= 0.3 is 0 Å². The molecular weight excluding hydrogens is 306 g/mol. The SMILES string of the molecule is CNc1cc(C[C@H]2COCCN(C(=O)c3cccnc3)C2)ncn1. The molecule has 1 aliphatic rings. The molecule has 126 valence electrons. The summed E-state index contributed by atoms with van der Waals surface area (Å²) in [7, 11) is 1.83. The molecule has 1 fully saturated rings. The number of anilines is 1. The maximum absolute atomic E-state index is 12.6. The lowest BCUT2D eigenvalue weighted by molar-refractivity contribution is 0.0737. The first-order valence-electron chi connectivity index (χ1n) is 8.02. The molecule has 2 aromatic rings. The molecule has 0 radical (unpaired) electrons. The van der Waals surface area contributed by atoms with E-state index >= 15 is 0 Å². The van der Waals surface area contributed by atoms with Crippen molar-refractivity contribution in [1.82, 2.24) is 19.9 Å². The molecule has 7 nitrogen and oxygen atoms in total. The molecule has 2 aromatic heterocycles. The van der Waals surface area contributed by atoms with Crippen LogP contribution in [0.15, 0.2) is 36.9 Å². The Hall–Kier alpha value is -2.54. The van der Waals surface area contributed by atoms with Crippen LogP contribution in [-0.4, -0.2) is 59.1 Å². The highest BCUT2D eigenvalue weighted by Crippen LogP contribution is 2.16. The number of ether oxygens (including phenoxy) is 1. The third-order valence-electron chi connectivity index (χ3n) is 4.01. The van der Waals surface area contributed by atoms with Gasteiger partial charge in [-0.05, 0) is 18.6 Å². The van der Waals surface area contributed by atoms with Crippen molar-refractivity contribution in [2.75, 3.05) is 38.7 Å². The molecule has 7 heteroatoms. The van der Waals surface area contributed by atoms with Gasteiger partial charge in [-0.2, -0.15) is 0 Å². The van der Waals surface area contributed by atoms with E-state index in [-0.39, 0.29) is 11.8 Å². The van der Waals surface area contributed by atoms with Crippen LogP contribution < -0.4 is 5.32 Å². The van der Waals surface area contributed by atoms with E-state index in [1.807, 2.05) is 18.0 Å². The monoisotopic (exact) mass is 327 g/mol. The summed E-state index contributed by atoms with van der Waals surface area (Å²) in [6.07, 6.45) is 5.57. The van der Waals surface area contributed by atoms with Gasteiger partial charge in [-0.1, -0.05) is 0 Å². The number of amides is 1. The van der Waals surface area contributed by atoms with Crippen molar-refractivity contribution < 1.29 is 9.53 Å². The summed E-state index contributed by atoms with van der Waals surface area (Å²) in [5.41, 5.74) is 1.55. The van der Waals surface area contributed by atoms with E-state index in [1.165, 1.54) is 0 Å². The molecule has 3 rings (SSSR count). The summed E-state index contributed by atoms with van der Waals surface area (Å²) >= 11 is 0. The largest absolute Gasteiger partial charge is 0.379 e. The molecule has 0 bridgehead atoms. The smallest absolute Gasteiger partial charge is 0.255 e. The molecule has 1 atom stereocenters. The molecule has 0 aliphatic carbocycles. The number of nitrogens with one attached hydrogen (secondary N) is 1. The van der Waals surface area contributed by atoms with Crippen LogP contribution in [-0.2, 0) is 11.2 Å². The zero-order valence-electron chi connectivity index (χ0n) is 13.7. The van der Waals surface area contributed by atoms with Crippen molar-refractivity contribution >= 4 is 11.7 Å². The zero-order chi connectivity index (χ0) is 16.8. The van der Waals surface area contributed by atoms with Crippen LogP contribution in [0.4, 0.5) is 5.82 Å². The third-order valence-corrected chi connectivity index (χ3v) is 4.01. The Bertz CT molecular complexity index is 680. The number of aromatic nitrogens is 3. The first kappa shape index (κ1) is 16.3. The Labute approximate surface area is 141 Å². The quantitative estimate of drug-likeness (QED) is 0.910. The lowest BCUT2D eigenvalue weighted by Gasteiger charge is -2.23. The summed E-state index contributed by atoms with van der Waals surface area (Å²) in [4.78, 5) is 27.0. The van der Waals surface area contributed by atoms with Crippen LogP contribution >= 0.6 is 0 Å². The highest BCUT2D eigenvalue weighted by molar-refractivity contribution is 5.93. The number of carbonyl (C=O) groups is 1. The van der Waals surface area contributed by atoms with E-state index in [0.29, 0.717) is 31.9 Å². The first-order valence-corrected chi connectivity index (χ1v) is 8.02. The standard InChI is InChI=1S/C17H21N5O2/c1-18-16-8-15(20-12-21-16)7-13-10-22(5-6-24-11-13)17(23)14-3-2-4-19-9-14/h2-4,8-9,12-13H,5-7,10-11H2,1H3,(H,18,20,21)/t13-/m1/s1. The summed E-state index contributed by atoms with van der Waals surface area (Å²) < 4.78 is 5.68. The number of pyridine rings is 1. The van der Waals surface area contributed by atoms with Crippen LogP contribution in [0.5, 0.6) is 0 Å². The number of nitrogens with zero attached hydrogens (tertiary/aromatic N) is 4. The predicted molar refractivity (Wildman–Crippen MR) is 89.7 cm³/mol. The molecule has 0 spiro atoms. The zero-order valence-corrected chi connectivity index (χ0v) is 13.7. The molecule has 1 amide bonds. The number of hydrogen-bond donors (Lipinski definition) is 1. The van der Waals surface area contributed by atoms with Crippen molar-refractivity contribution in [2.45, 2.75) is 6.42 Å².